The quantitative estimate of drug-likeness (QED) is 0.723. The number of nitrogens with two attached hydrogens (primary N) is 1. The Bertz CT molecular complexity index is 504. The first-order valence-corrected chi connectivity index (χ1v) is 5.35. The van der Waals surface area contributed by atoms with Gasteiger partial charge in [0.15, 0.2) is 0 Å². The molecule has 1 amide bonds. The Morgan fingerprint density at radius 3 is 2.94 bits per heavy atom. The minimum atomic E-state index is -0.228. The second-order valence-corrected chi connectivity index (χ2v) is 3.97. The highest BCUT2D eigenvalue weighted by Crippen LogP contribution is 2.16. The second kappa shape index (κ2) is 4.88. The lowest BCUT2D eigenvalue weighted by Gasteiger charge is -2.05. The summed E-state index contributed by atoms with van der Waals surface area (Å²) in [7, 11) is 0. The molecule has 1 aromatic heterocycles. The van der Waals surface area contributed by atoms with Gasteiger partial charge >= 0.3 is 0 Å². The molecule has 1 heterocycles. The van der Waals surface area contributed by atoms with Crippen LogP contribution in [0.5, 0.6) is 0 Å². The number of carbonyl (C=O) groups excluding carboxylic acids is 1. The normalized spacial score (nSPS) is 10.2. The Morgan fingerprint density at radius 2 is 2.29 bits per heavy atom. The molecule has 0 spiro atoms. The van der Waals surface area contributed by atoms with E-state index in [0.717, 1.165) is 5.69 Å². The van der Waals surface area contributed by atoms with Crippen molar-refractivity contribution in [1.82, 2.24) is 15.5 Å². The molecule has 0 radical (unpaired) electrons. The fourth-order valence-corrected chi connectivity index (χ4v) is 1.65. The van der Waals surface area contributed by atoms with Crippen molar-refractivity contribution in [1.29, 1.82) is 0 Å². The van der Waals surface area contributed by atoms with E-state index in [4.69, 9.17) is 17.3 Å². The number of nitrogens with one attached hydrogen (secondary N) is 2. The molecule has 0 saturated heterocycles. The first-order chi connectivity index (χ1) is 8.15. The molecule has 0 aliphatic rings. The number of benzene rings is 1. The van der Waals surface area contributed by atoms with Gasteiger partial charge in [0.2, 0.25) is 0 Å². The minimum absolute atomic E-state index is 0.228. The average molecular weight is 251 g/mol. The van der Waals surface area contributed by atoms with Crippen molar-refractivity contribution >= 4 is 23.2 Å². The number of anilines is 1. The number of aromatic nitrogens is 2. The summed E-state index contributed by atoms with van der Waals surface area (Å²) >= 11 is 5.82. The van der Waals surface area contributed by atoms with Gasteiger partial charge < -0.3 is 11.1 Å². The summed E-state index contributed by atoms with van der Waals surface area (Å²) < 4.78 is 0. The molecule has 0 aliphatic carbocycles. The van der Waals surface area contributed by atoms with Crippen LogP contribution in [0.2, 0.25) is 5.02 Å². The highest BCUT2D eigenvalue weighted by atomic mass is 35.5. The van der Waals surface area contributed by atoms with Crippen LogP contribution in [0.4, 0.5) is 5.69 Å². The molecule has 0 unspecified atom stereocenters. The molecule has 1 aromatic carbocycles. The van der Waals surface area contributed by atoms with Gasteiger partial charge in [-0.05, 0) is 24.3 Å². The zero-order chi connectivity index (χ0) is 12.3. The van der Waals surface area contributed by atoms with Gasteiger partial charge in [-0.2, -0.15) is 5.10 Å². The van der Waals surface area contributed by atoms with Crippen LogP contribution in [0.15, 0.2) is 30.5 Å². The van der Waals surface area contributed by atoms with Crippen LogP contribution in [0.25, 0.3) is 0 Å². The van der Waals surface area contributed by atoms with Gasteiger partial charge in [-0.15, -0.1) is 0 Å². The predicted octanol–water partition coefficient (Wildman–Crippen LogP) is 1.58. The van der Waals surface area contributed by atoms with E-state index in [1.807, 2.05) is 0 Å². The Labute approximate surface area is 103 Å². The maximum absolute atomic E-state index is 11.8. The number of hydrogen-bond donors (Lipinski definition) is 3. The number of H-pyrrole nitrogens is 1. The second-order valence-electron chi connectivity index (χ2n) is 3.54. The Hall–Kier alpha value is -2.01. The monoisotopic (exact) mass is 250 g/mol. The number of halogens is 1. The highest BCUT2D eigenvalue weighted by molar-refractivity contribution is 6.31. The van der Waals surface area contributed by atoms with E-state index >= 15 is 0 Å². The molecule has 2 aromatic rings. The van der Waals surface area contributed by atoms with Crippen LogP contribution in [-0.4, -0.2) is 16.1 Å². The molecule has 0 bridgehead atoms. The van der Waals surface area contributed by atoms with Crippen molar-refractivity contribution in [3.63, 3.8) is 0 Å². The zero-order valence-electron chi connectivity index (χ0n) is 8.90. The lowest BCUT2D eigenvalue weighted by molar-refractivity contribution is 0.0950. The van der Waals surface area contributed by atoms with E-state index in [0.29, 0.717) is 22.8 Å². The lowest BCUT2D eigenvalue weighted by atomic mass is 10.2. The third-order valence-electron chi connectivity index (χ3n) is 2.18. The van der Waals surface area contributed by atoms with Gasteiger partial charge in [-0.3, -0.25) is 9.89 Å². The van der Waals surface area contributed by atoms with Crippen LogP contribution in [0.1, 0.15) is 16.1 Å². The fourth-order valence-electron chi connectivity index (χ4n) is 1.40. The zero-order valence-corrected chi connectivity index (χ0v) is 9.66. The number of hydrogen-bond acceptors (Lipinski definition) is 3. The Kier molecular flexibility index (Phi) is 3.30. The van der Waals surface area contributed by atoms with E-state index in [2.05, 4.69) is 15.5 Å². The van der Waals surface area contributed by atoms with Gasteiger partial charge in [0.1, 0.15) is 0 Å². The molecule has 0 fully saturated rings. The number of carbonyl (C=O) groups is 1. The molecule has 5 nitrogen and oxygen atoms in total. The van der Waals surface area contributed by atoms with Crippen molar-refractivity contribution < 1.29 is 4.79 Å². The average Bonchev–Trinajstić information content (AvgIpc) is 2.77. The molecule has 0 atom stereocenters. The van der Waals surface area contributed by atoms with Gasteiger partial charge in [0, 0.05) is 22.5 Å². The highest BCUT2D eigenvalue weighted by Gasteiger charge is 2.07. The summed E-state index contributed by atoms with van der Waals surface area (Å²) in [6.07, 6.45) is 1.62. The first kappa shape index (κ1) is 11.5. The van der Waals surface area contributed by atoms with Crippen LogP contribution < -0.4 is 11.1 Å². The number of rotatable bonds is 3. The van der Waals surface area contributed by atoms with Crippen molar-refractivity contribution in [3.8, 4) is 0 Å². The number of amides is 1. The maximum atomic E-state index is 11.8. The third kappa shape index (κ3) is 2.98. The predicted molar refractivity (Wildman–Crippen MR) is 65.6 cm³/mol. The van der Waals surface area contributed by atoms with E-state index in [1.165, 1.54) is 0 Å². The van der Waals surface area contributed by atoms with Crippen molar-refractivity contribution in [2.45, 2.75) is 6.54 Å². The fraction of sp³-hybridized carbons (Fsp3) is 0.0909. The number of nitrogen functional groups attached to an aromatic ring is 1. The first-order valence-electron chi connectivity index (χ1n) is 4.97. The van der Waals surface area contributed by atoms with Crippen molar-refractivity contribution in [3.05, 3.63) is 46.7 Å². The number of aromatic amines is 1. The number of nitrogens with zero attached hydrogens (tertiary/aromatic N) is 1. The summed E-state index contributed by atoms with van der Waals surface area (Å²) in [5, 5.41) is 9.71. The molecule has 0 saturated carbocycles. The van der Waals surface area contributed by atoms with Crippen LogP contribution >= 0.6 is 11.6 Å². The summed E-state index contributed by atoms with van der Waals surface area (Å²) in [6, 6.07) is 6.52. The van der Waals surface area contributed by atoms with Crippen LogP contribution in [-0.2, 0) is 6.54 Å². The third-order valence-corrected chi connectivity index (χ3v) is 2.40. The molecule has 2 rings (SSSR count). The largest absolute Gasteiger partial charge is 0.399 e. The van der Waals surface area contributed by atoms with E-state index in [9.17, 15) is 4.79 Å². The standard InChI is InChI=1S/C11H11ClN4O/c12-8-3-7(4-9(13)5-8)11(17)14-6-10-1-2-15-16-10/h1-5H,6,13H2,(H,14,17)(H,15,16). The van der Waals surface area contributed by atoms with Crippen LogP contribution in [0.3, 0.4) is 0 Å². The van der Waals surface area contributed by atoms with Gasteiger partial charge in [-0.1, -0.05) is 11.6 Å². The van der Waals surface area contributed by atoms with E-state index in [1.54, 1.807) is 30.5 Å². The molecular weight excluding hydrogens is 240 g/mol. The molecule has 0 aliphatic heterocycles. The van der Waals surface area contributed by atoms with E-state index < -0.39 is 0 Å². The lowest BCUT2D eigenvalue weighted by Crippen LogP contribution is -2.23. The van der Waals surface area contributed by atoms with Crippen molar-refractivity contribution in [2.24, 2.45) is 0 Å². The summed E-state index contributed by atoms with van der Waals surface area (Å²) in [5.74, 6) is -0.228. The van der Waals surface area contributed by atoms with Gasteiger partial charge in [0.05, 0.1) is 12.2 Å². The summed E-state index contributed by atoms with van der Waals surface area (Å²) in [4.78, 5) is 11.8. The van der Waals surface area contributed by atoms with Crippen LogP contribution in [0, 0.1) is 0 Å². The Morgan fingerprint density at radius 1 is 1.47 bits per heavy atom. The van der Waals surface area contributed by atoms with Gasteiger partial charge in [0.25, 0.3) is 5.91 Å². The summed E-state index contributed by atoms with van der Waals surface area (Å²) in [6.45, 7) is 0.380. The van der Waals surface area contributed by atoms with E-state index in [-0.39, 0.29) is 5.91 Å². The topological polar surface area (TPSA) is 83.8 Å². The molecule has 4 N–H and O–H groups in total. The van der Waals surface area contributed by atoms with Crippen molar-refractivity contribution in [2.75, 3.05) is 5.73 Å². The molecule has 17 heavy (non-hydrogen) atoms. The maximum Gasteiger partial charge on any atom is 0.251 e. The summed E-state index contributed by atoms with van der Waals surface area (Å²) in [5.41, 5.74) is 7.34. The minimum Gasteiger partial charge on any atom is -0.399 e. The molecule has 88 valence electrons. The Balaban J connectivity index is 2.04. The molecule has 6 heteroatoms. The molecular formula is C11H11ClN4O. The SMILES string of the molecule is Nc1cc(Cl)cc(C(=O)NCc2ccn[nH]2)c1. The smallest absolute Gasteiger partial charge is 0.251 e. The van der Waals surface area contributed by atoms with Gasteiger partial charge in [-0.25, -0.2) is 0 Å².